The standard InChI is InChI=1S/C25H24ClN3O/c1-2-16-27-24(30)15-13-22-25(19-8-11-21(26)12-9-19)28-23-14-10-20(17-29(22)23)18-6-4-3-5-7-18/h3-12,14,17H,2,13,15-16H2,1H3,(H,27,30). The second-order valence-electron chi connectivity index (χ2n) is 7.28. The number of amides is 1. The van der Waals surface area contributed by atoms with E-state index < -0.39 is 0 Å². The molecule has 2 aromatic carbocycles. The Morgan fingerprint density at radius 1 is 0.967 bits per heavy atom. The minimum atomic E-state index is 0.0630. The average molecular weight is 418 g/mol. The summed E-state index contributed by atoms with van der Waals surface area (Å²) in [5.41, 5.74) is 6.03. The highest BCUT2D eigenvalue weighted by Gasteiger charge is 2.16. The van der Waals surface area contributed by atoms with Gasteiger partial charge in [0.15, 0.2) is 0 Å². The lowest BCUT2D eigenvalue weighted by atomic mass is 10.1. The van der Waals surface area contributed by atoms with Gasteiger partial charge in [-0.3, -0.25) is 4.79 Å². The molecule has 0 radical (unpaired) electrons. The zero-order chi connectivity index (χ0) is 20.9. The van der Waals surface area contributed by atoms with E-state index in [9.17, 15) is 4.79 Å². The zero-order valence-electron chi connectivity index (χ0n) is 16.9. The van der Waals surface area contributed by atoms with Gasteiger partial charge in [-0.1, -0.05) is 61.0 Å². The predicted molar refractivity (Wildman–Crippen MR) is 123 cm³/mol. The van der Waals surface area contributed by atoms with Gasteiger partial charge in [-0.05, 0) is 48.2 Å². The topological polar surface area (TPSA) is 46.4 Å². The first-order valence-electron chi connectivity index (χ1n) is 10.2. The Morgan fingerprint density at radius 3 is 2.43 bits per heavy atom. The molecule has 2 heterocycles. The van der Waals surface area contributed by atoms with Crippen molar-refractivity contribution in [2.24, 2.45) is 0 Å². The molecule has 2 aromatic heterocycles. The van der Waals surface area contributed by atoms with Crippen LogP contribution in [0.2, 0.25) is 5.02 Å². The number of nitrogens with one attached hydrogen (secondary N) is 1. The van der Waals surface area contributed by atoms with Crippen LogP contribution in [0.1, 0.15) is 25.5 Å². The molecule has 0 unspecified atom stereocenters. The summed E-state index contributed by atoms with van der Waals surface area (Å²) in [6, 6.07) is 22.1. The number of carbonyl (C=O) groups excluding carboxylic acids is 1. The predicted octanol–water partition coefficient (Wildman–Crippen LogP) is 5.78. The van der Waals surface area contributed by atoms with Crippen LogP contribution in [0, 0.1) is 0 Å². The molecule has 0 bridgehead atoms. The van der Waals surface area contributed by atoms with E-state index in [1.807, 2.05) is 48.5 Å². The number of rotatable bonds is 7. The molecule has 152 valence electrons. The lowest BCUT2D eigenvalue weighted by molar-refractivity contribution is -0.121. The van der Waals surface area contributed by atoms with Crippen molar-refractivity contribution in [1.29, 1.82) is 0 Å². The first kappa shape index (κ1) is 20.2. The van der Waals surface area contributed by atoms with Gasteiger partial charge < -0.3 is 9.72 Å². The van der Waals surface area contributed by atoms with E-state index in [0.29, 0.717) is 24.4 Å². The number of imidazole rings is 1. The smallest absolute Gasteiger partial charge is 0.220 e. The molecule has 0 aliphatic carbocycles. The molecule has 1 N–H and O–H groups in total. The molecule has 0 fully saturated rings. The third-order valence-electron chi connectivity index (χ3n) is 5.10. The van der Waals surface area contributed by atoms with E-state index in [4.69, 9.17) is 16.6 Å². The van der Waals surface area contributed by atoms with Crippen LogP contribution in [0.3, 0.4) is 0 Å². The van der Waals surface area contributed by atoms with E-state index >= 15 is 0 Å². The van der Waals surface area contributed by atoms with Crippen LogP contribution in [0.15, 0.2) is 72.9 Å². The molecule has 0 aliphatic rings. The van der Waals surface area contributed by atoms with Crippen molar-refractivity contribution < 1.29 is 4.79 Å². The van der Waals surface area contributed by atoms with Gasteiger partial charge in [-0.25, -0.2) is 4.98 Å². The number of nitrogens with zero attached hydrogens (tertiary/aromatic N) is 2. The minimum Gasteiger partial charge on any atom is -0.356 e. The number of benzene rings is 2. The molecule has 4 nitrogen and oxygen atoms in total. The summed E-state index contributed by atoms with van der Waals surface area (Å²) in [6.45, 7) is 2.75. The quantitative estimate of drug-likeness (QED) is 0.414. The van der Waals surface area contributed by atoms with Gasteiger partial charge in [0.05, 0.1) is 11.4 Å². The van der Waals surface area contributed by atoms with Gasteiger partial charge >= 0.3 is 0 Å². The van der Waals surface area contributed by atoms with E-state index in [-0.39, 0.29) is 5.91 Å². The van der Waals surface area contributed by atoms with E-state index in [0.717, 1.165) is 40.1 Å². The molecule has 4 aromatic rings. The van der Waals surface area contributed by atoms with Crippen LogP contribution in [-0.2, 0) is 11.2 Å². The number of aromatic nitrogens is 2. The third-order valence-corrected chi connectivity index (χ3v) is 5.36. The number of fused-ring (bicyclic) bond motifs is 1. The number of pyridine rings is 1. The Balaban J connectivity index is 1.77. The van der Waals surface area contributed by atoms with E-state index in [1.165, 1.54) is 0 Å². The summed E-state index contributed by atoms with van der Waals surface area (Å²) in [5.74, 6) is 0.0630. The van der Waals surface area contributed by atoms with Crippen LogP contribution < -0.4 is 5.32 Å². The monoisotopic (exact) mass is 417 g/mol. The summed E-state index contributed by atoms with van der Waals surface area (Å²) in [7, 11) is 0. The maximum atomic E-state index is 12.3. The highest BCUT2D eigenvalue weighted by molar-refractivity contribution is 6.30. The number of hydrogen-bond acceptors (Lipinski definition) is 2. The van der Waals surface area contributed by atoms with Crippen LogP contribution in [0.5, 0.6) is 0 Å². The van der Waals surface area contributed by atoms with Crippen molar-refractivity contribution in [1.82, 2.24) is 14.7 Å². The van der Waals surface area contributed by atoms with Crippen molar-refractivity contribution in [2.75, 3.05) is 6.54 Å². The van der Waals surface area contributed by atoms with Crippen LogP contribution in [0.25, 0.3) is 28.0 Å². The second kappa shape index (κ2) is 9.14. The van der Waals surface area contributed by atoms with Gasteiger partial charge in [0, 0.05) is 29.7 Å². The largest absolute Gasteiger partial charge is 0.356 e. The van der Waals surface area contributed by atoms with Crippen molar-refractivity contribution in [3.05, 3.63) is 83.6 Å². The molecule has 30 heavy (non-hydrogen) atoms. The number of carbonyl (C=O) groups is 1. The fourth-order valence-electron chi connectivity index (χ4n) is 3.56. The van der Waals surface area contributed by atoms with Crippen LogP contribution >= 0.6 is 11.6 Å². The van der Waals surface area contributed by atoms with Crippen LogP contribution in [0.4, 0.5) is 0 Å². The SMILES string of the molecule is CCCNC(=O)CCc1c(-c2ccc(Cl)cc2)nc2ccc(-c3ccccc3)cn12. The van der Waals surface area contributed by atoms with Crippen LogP contribution in [-0.4, -0.2) is 21.8 Å². The Kier molecular flexibility index (Phi) is 6.15. The lowest BCUT2D eigenvalue weighted by Gasteiger charge is -2.08. The summed E-state index contributed by atoms with van der Waals surface area (Å²) < 4.78 is 2.11. The molecule has 0 saturated heterocycles. The van der Waals surface area contributed by atoms with Gasteiger partial charge in [0.2, 0.25) is 5.91 Å². The highest BCUT2D eigenvalue weighted by atomic mass is 35.5. The van der Waals surface area contributed by atoms with E-state index in [1.54, 1.807) is 0 Å². The molecule has 0 atom stereocenters. The first-order chi connectivity index (χ1) is 14.7. The summed E-state index contributed by atoms with van der Waals surface area (Å²) in [5, 5.41) is 3.65. The van der Waals surface area contributed by atoms with E-state index in [2.05, 4.69) is 41.0 Å². The molecule has 4 rings (SSSR count). The maximum absolute atomic E-state index is 12.3. The molecule has 5 heteroatoms. The lowest BCUT2D eigenvalue weighted by Crippen LogP contribution is -2.24. The summed E-state index contributed by atoms with van der Waals surface area (Å²) in [6.07, 6.45) is 4.06. The molecule has 0 spiro atoms. The molecular weight excluding hydrogens is 394 g/mol. The second-order valence-corrected chi connectivity index (χ2v) is 7.71. The van der Waals surface area contributed by atoms with Crippen molar-refractivity contribution in [2.45, 2.75) is 26.2 Å². The normalized spacial score (nSPS) is 11.0. The molecule has 0 aliphatic heterocycles. The van der Waals surface area contributed by atoms with Crippen molar-refractivity contribution in [3.63, 3.8) is 0 Å². The van der Waals surface area contributed by atoms with Gasteiger partial charge in [-0.15, -0.1) is 0 Å². The molecule has 0 saturated carbocycles. The Morgan fingerprint density at radius 2 is 1.70 bits per heavy atom. The van der Waals surface area contributed by atoms with Gasteiger partial charge in [-0.2, -0.15) is 0 Å². The van der Waals surface area contributed by atoms with Crippen molar-refractivity contribution >= 4 is 23.2 Å². The molecule has 1 amide bonds. The minimum absolute atomic E-state index is 0.0630. The fraction of sp³-hybridized carbons (Fsp3) is 0.200. The third kappa shape index (κ3) is 4.39. The summed E-state index contributed by atoms with van der Waals surface area (Å²) >= 11 is 6.08. The zero-order valence-corrected chi connectivity index (χ0v) is 17.7. The average Bonchev–Trinajstić information content (AvgIpc) is 3.15. The number of aryl methyl sites for hydroxylation is 1. The molecular formula is C25H24ClN3O. The Bertz CT molecular complexity index is 1150. The Hall–Kier alpha value is -3.11. The first-order valence-corrected chi connectivity index (χ1v) is 10.6. The number of hydrogen-bond donors (Lipinski definition) is 1. The fourth-order valence-corrected chi connectivity index (χ4v) is 3.68. The van der Waals surface area contributed by atoms with Gasteiger partial charge in [0.25, 0.3) is 0 Å². The van der Waals surface area contributed by atoms with Crippen molar-refractivity contribution in [3.8, 4) is 22.4 Å². The number of halogens is 1. The maximum Gasteiger partial charge on any atom is 0.220 e. The van der Waals surface area contributed by atoms with Gasteiger partial charge in [0.1, 0.15) is 5.65 Å². The Labute approximate surface area is 181 Å². The highest BCUT2D eigenvalue weighted by Crippen LogP contribution is 2.29. The summed E-state index contributed by atoms with van der Waals surface area (Å²) in [4.78, 5) is 17.1.